The van der Waals surface area contributed by atoms with E-state index in [-0.39, 0.29) is 11.8 Å². The predicted molar refractivity (Wildman–Crippen MR) is 130 cm³/mol. The first-order chi connectivity index (χ1) is 16.1. The summed E-state index contributed by atoms with van der Waals surface area (Å²) in [6.45, 7) is 3.65. The molecule has 1 fully saturated rings. The number of pyridine rings is 1. The van der Waals surface area contributed by atoms with E-state index >= 15 is 0 Å². The first kappa shape index (κ1) is 22.7. The molecule has 1 aliphatic heterocycles. The third-order valence-corrected chi connectivity index (χ3v) is 6.43. The minimum atomic E-state index is -0.618. The Kier molecular flexibility index (Phi) is 7.18. The van der Waals surface area contributed by atoms with Crippen molar-refractivity contribution < 1.29 is 9.59 Å². The number of hydrogen-bond donors (Lipinski definition) is 1. The lowest BCUT2D eigenvalue weighted by atomic mass is 9.74. The van der Waals surface area contributed by atoms with E-state index in [4.69, 9.17) is 0 Å². The van der Waals surface area contributed by atoms with Gasteiger partial charge < -0.3 is 10.2 Å². The topological polar surface area (TPSA) is 62.3 Å². The second kappa shape index (κ2) is 10.4. The van der Waals surface area contributed by atoms with Gasteiger partial charge >= 0.3 is 0 Å². The lowest BCUT2D eigenvalue weighted by molar-refractivity contribution is -0.141. The zero-order valence-electron chi connectivity index (χ0n) is 19.2. The van der Waals surface area contributed by atoms with Crippen LogP contribution in [0.5, 0.6) is 0 Å². The second-order valence-electron chi connectivity index (χ2n) is 8.84. The maximum Gasteiger partial charge on any atom is 0.228 e. The van der Waals surface area contributed by atoms with Crippen LogP contribution < -0.4 is 5.32 Å². The fraction of sp³-hybridized carbons (Fsp3) is 0.321. The van der Waals surface area contributed by atoms with Gasteiger partial charge in [0.25, 0.3) is 0 Å². The summed E-state index contributed by atoms with van der Waals surface area (Å²) in [7, 11) is 0. The summed E-state index contributed by atoms with van der Waals surface area (Å²) in [4.78, 5) is 32.3. The Balaban J connectivity index is 1.53. The lowest BCUT2D eigenvalue weighted by Crippen LogP contribution is -2.54. The number of carbonyl (C=O) groups excluding carboxylic acids is 2. The molecule has 5 heteroatoms. The number of aromatic nitrogens is 1. The van der Waals surface area contributed by atoms with Crippen LogP contribution in [-0.4, -0.2) is 41.3 Å². The minimum absolute atomic E-state index is 0.0380. The minimum Gasteiger partial charge on any atom is -0.356 e. The number of hydrogen-bond acceptors (Lipinski definition) is 3. The van der Waals surface area contributed by atoms with Gasteiger partial charge in [0.1, 0.15) is 0 Å². The van der Waals surface area contributed by atoms with E-state index in [2.05, 4.69) is 46.7 Å². The second-order valence-corrected chi connectivity index (χ2v) is 8.84. The molecule has 2 amide bonds. The highest BCUT2D eigenvalue weighted by atomic mass is 16.2. The number of carbonyl (C=O) groups is 2. The quantitative estimate of drug-likeness (QED) is 0.595. The molecule has 33 heavy (non-hydrogen) atoms. The fourth-order valence-electron chi connectivity index (χ4n) is 4.73. The third kappa shape index (κ3) is 5.48. The van der Waals surface area contributed by atoms with E-state index < -0.39 is 5.41 Å². The van der Waals surface area contributed by atoms with Crippen LogP contribution in [0, 0.1) is 5.41 Å². The Bertz CT molecular complexity index is 1070. The number of benzene rings is 2. The predicted octanol–water partition coefficient (Wildman–Crippen LogP) is 4.28. The van der Waals surface area contributed by atoms with Crippen molar-refractivity contribution >= 4 is 11.8 Å². The van der Waals surface area contributed by atoms with E-state index in [1.54, 1.807) is 12.4 Å². The smallest absolute Gasteiger partial charge is 0.228 e. The highest BCUT2D eigenvalue weighted by molar-refractivity contribution is 5.85. The van der Waals surface area contributed by atoms with Gasteiger partial charge in [-0.25, -0.2) is 0 Å². The molecule has 2 heterocycles. The SMILES string of the molecule is CCNC(=O)[C@]1(Cc2ccc(-c3ccccc3)cc2)CCCN(C(=O)Cc2cccnc2)C1. The van der Waals surface area contributed by atoms with Gasteiger partial charge in [-0.1, -0.05) is 60.7 Å². The summed E-state index contributed by atoms with van der Waals surface area (Å²) in [5.74, 6) is 0.0896. The first-order valence-electron chi connectivity index (χ1n) is 11.7. The van der Waals surface area contributed by atoms with Crippen LogP contribution in [-0.2, 0) is 22.4 Å². The van der Waals surface area contributed by atoms with Crippen molar-refractivity contribution in [1.82, 2.24) is 15.2 Å². The molecule has 0 saturated carbocycles. The Morgan fingerprint density at radius 3 is 2.42 bits per heavy atom. The van der Waals surface area contributed by atoms with Gasteiger partial charge in [-0.15, -0.1) is 0 Å². The zero-order chi connectivity index (χ0) is 23.1. The van der Waals surface area contributed by atoms with Crippen molar-refractivity contribution in [2.45, 2.75) is 32.6 Å². The Hall–Kier alpha value is -3.47. The average Bonchev–Trinajstić information content (AvgIpc) is 2.86. The number of rotatable bonds is 7. The van der Waals surface area contributed by atoms with Crippen LogP contribution in [0.25, 0.3) is 11.1 Å². The molecule has 5 nitrogen and oxygen atoms in total. The van der Waals surface area contributed by atoms with Crippen LogP contribution in [0.4, 0.5) is 0 Å². The molecular formula is C28H31N3O2. The van der Waals surface area contributed by atoms with Crippen LogP contribution in [0.2, 0.25) is 0 Å². The number of likely N-dealkylation sites (tertiary alicyclic amines) is 1. The van der Waals surface area contributed by atoms with Crippen molar-refractivity contribution in [3.63, 3.8) is 0 Å². The van der Waals surface area contributed by atoms with Crippen LogP contribution >= 0.6 is 0 Å². The van der Waals surface area contributed by atoms with Gasteiger partial charge in [0, 0.05) is 32.0 Å². The molecule has 0 bridgehead atoms. The highest BCUT2D eigenvalue weighted by Crippen LogP contribution is 2.35. The number of nitrogens with zero attached hydrogens (tertiary/aromatic N) is 2. The van der Waals surface area contributed by atoms with E-state index in [0.29, 0.717) is 32.5 Å². The standard InChI is InChI=1S/C28H31N3O2/c1-2-30-27(33)28(19-22-11-13-25(14-12-22)24-9-4-3-5-10-24)15-7-17-31(21-28)26(32)18-23-8-6-16-29-20-23/h3-6,8-14,16,20H,2,7,15,17-19,21H2,1H3,(H,30,33)/t28-/m0/s1. The van der Waals surface area contributed by atoms with Gasteiger partial charge in [0.05, 0.1) is 11.8 Å². The molecule has 1 aliphatic rings. The van der Waals surface area contributed by atoms with Crippen molar-refractivity contribution in [2.75, 3.05) is 19.6 Å². The van der Waals surface area contributed by atoms with E-state index in [1.165, 1.54) is 5.56 Å². The molecule has 3 aromatic rings. The molecule has 1 atom stereocenters. The van der Waals surface area contributed by atoms with Crippen molar-refractivity contribution in [3.8, 4) is 11.1 Å². The number of piperidine rings is 1. The molecule has 0 unspecified atom stereocenters. The Morgan fingerprint density at radius 1 is 0.970 bits per heavy atom. The molecule has 170 valence electrons. The van der Waals surface area contributed by atoms with E-state index in [1.807, 2.05) is 42.2 Å². The lowest BCUT2D eigenvalue weighted by Gasteiger charge is -2.42. The summed E-state index contributed by atoms with van der Waals surface area (Å²) >= 11 is 0. The molecular weight excluding hydrogens is 410 g/mol. The average molecular weight is 442 g/mol. The van der Waals surface area contributed by atoms with Crippen molar-refractivity contribution in [3.05, 3.63) is 90.3 Å². The monoisotopic (exact) mass is 441 g/mol. The normalized spacial score (nSPS) is 18.0. The molecule has 1 aromatic heterocycles. The van der Waals surface area contributed by atoms with Crippen LogP contribution in [0.1, 0.15) is 30.9 Å². The summed E-state index contributed by atoms with van der Waals surface area (Å²) in [5, 5.41) is 3.04. The Morgan fingerprint density at radius 2 is 1.73 bits per heavy atom. The largest absolute Gasteiger partial charge is 0.356 e. The first-order valence-corrected chi connectivity index (χ1v) is 11.7. The molecule has 1 N–H and O–H groups in total. The maximum atomic E-state index is 13.3. The molecule has 0 radical (unpaired) electrons. The molecule has 0 spiro atoms. The summed E-state index contributed by atoms with van der Waals surface area (Å²) < 4.78 is 0. The van der Waals surface area contributed by atoms with E-state index in [9.17, 15) is 9.59 Å². The summed E-state index contributed by atoms with van der Waals surface area (Å²) in [6.07, 6.45) is 5.95. The van der Waals surface area contributed by atoms with Crippen LogP contribution in [0.15, 0.2) is 79.1 Å². The fourth-order valence-corrected chi connectivity index (χ4v) is 4.73. The maximum absolute atomic E-state index is 13.3. The molecule has 4 rings (SSSR count). The molecule has 0 aliphatic carbocycles. The molecule has 1 saturated heterocycles. The van der Waals surface area contributed by atoms with Gasteiger partial charge in [0.2, 0.25) is 11.8 Å². The van der Waals surface area contributed by atoms with Gasteiger partial charge in [-0.2, -0.15) is 0 Å². The third-order valence-electron chi connectivity index (χ3n) is 6.43. The van der Waals surface area contributed by atoms with Crippen molar-refractivity contribution in [1.29, 1.82) is 0 Å². The van der Waals surface area contributed by atoms with Gasteiger partial charge in [-0.05, 0) is 54.5 Å². The van der Waals surface area contributed by atoms with Crippen LogP contribution in [0.3, 0.4) is 0 Å². The highest BCUT2D eigenvalue weighted by Gasteiger charge is 2.43. The zero-order valence-corrected chi connectivity index (χ0v) is 19.2. The summed E-state index contributed by atoms with van der Waals surface area (Å²) in [5.41, 5.74) is 3.72. The number of amides is 2. The molecule has 2 aromatic carbocycles. The number of nitrogens with one attached hydrogen (secondary N) is 1. The van der Waals surface area contributed by atoms with Crippen molar-refractivity contribution in [2.24, 2.45) is 5.41 Å². The van der Waals surface area contributed by atoms with Gasteiger partial charge in [-0.3, -0.25) is 14.6 Å². The van der Waals surface area contributed by atoms with E-state index in [0.717, 1.165) is 29.5 Å². The Labute approximate surface area is 195 Å². The van der Waals surface area contributed by atoms with Gasteiger partial charge in [0.15, 0.2) is 0 Å². The summed E-state index contributed by atoms with van der Waals surface area (Å²) in [6, 6.07) is 22.5.